The first-order valence-corrected chi connectivity index (χ1v) is 8.06. The van der Waals surface area contributed by atoms with Gasteiger partial charge in [0.05, 0.1) is 4.90 Å². The summed E-state index contributed by atoms with van der Waals surface area (Å²) in [5.41, 5.74) is 1.08. The lowest BCUT2D eigenvalue weighted by molar-refractivity contribution is 0.581. The van der Waals surface area contributed by atoms with Crippen molar-refractivity contribution in [2.45, 2.75) is 11.3 Å². The van der Waals surface area contributed by atoms with Crippen molar-refractivity contribution >= 4 is 26.0 Å². The lowest BCUT2D eigenvalue weighted by Gasteiger charge is -2.06. The molecule has 99 valence electrons. The molecule has 2 aromatic rings. The second-order valence-corrected chi connectivity index (χ2v) is 6.69. The molecule has 0 aromatic heterocycles. The molecule has 0 fully saturated rings. The monoisotopic (exact) mass is 338 g/mol. The first kappa shape index (κ1) is 14.2. The van der Waals surface area contributed by atoms with Gasteiger partial charge in [0.1, 0.15) is 0 Å². The third kappa shape index (κ3) is 4.16. The molecule has 2 rings (SSSR count). The van der Waals surface area contributed by atoms with Crippen LogP contribution in [0.2, 0.25) is 0 Å². The molecule has 5 heteroatoms. The van der Waals surface area contributed by atoms with Crippen LogP contribution in [0.15, 0.2) is 57.9 Å². The highest BCUT2D eigenvalue weighted by molar-refractivity contribution is 9.10. The molecule has 0 bridgehead atoms. The Morgan fingerprint density at radius 1 is 1.05 bits per heavy atom. The molecule has 1 radical (unpaired) electrons. The lowest BCUT2D eigenvalue weighted by Crippen LogP contribution is -2.25. The molecule has 0 saturated heterocycles. The molecule has 0 saturated carbocycles. The van der Waals surface area contributed by atoms with E-state index in [0.29, 0.717) is 13.0 Å². The molecule has 1 N–H and O–H groups in total. The number of benzene rings is 2. The SMILES string of the molecule is O=S(=O)(NCCc1cc[c]cc1)c1ccc(Br)cc1. The van der Waals surface area contributed by atoms with E-state index in [-0.39, 0.29) is 4.90 Å². The van der Waals surface area contributed by atoms with Crippen LogP contribution in [-0.2, 0) is 16.4 Å². The molecule has 0 aliphatic rings. The summed E-state index contributed by atoms with van der Waals surface area (Å²) in [5, 5.41) is 0. The van der Waals surface area contributed by atoms with E-state index in [9.17, 15) is 8.42 Å². The van der Waals surface area contributed by atoms with Crippen LogP contribution in [0, 0.1) is 6.07 Å². The Bertz CT molecular complexity index is 624. The van der Waals surface area contributed by atoms with Gasteiger partial charge >= 0.3 is 0 Å². The Morgan fingerprint density at radius 2 is 1.68 bits per heavy atom. The van der Waals surface area contributed by atoms with Crippen molar-refractivity contribution in [2.24, 2.45) is 0 Å². The minimum absolute atomic E-state index is 0.275. The highest BCUT2D eigenvalue weighted by atomic mass is 79.9. The molecule has 0 atom stereocenters. The van der Waals surface area contributed by atoms with Gasteiger partial charge in [-0.1, -0.05) is 40.2 Å². The molecule has 0 aliphatic carbocycles. The summed E-state index contributed by atoms with van der Waals surface area (Å²) in [6.07, 6.45) is 0.657. The van der Waals surface area contributed by atoms with Crippen molar-refractivity contribution in [1.82, 2.24) is 4.72 Å². The Kier molecular flexibility index (Phi) is 4.74. The maximum atomic E-state index is 12.0. The largest absolute Gasteiger partial charge is 0.240 e. The highest BCUT2D eigenvalue weighted by Crippen LogP contribution is 2.14. The van der Waals surface area contributed by atoms with E-state index in [4.69, 9.17) is 0 Å². The van der Waals surface area contributed by atoms with Crippen LogP contribution in [0.3, 0.4) is 0 Å². The normalized spacial score (nSPS) is 11.4. The number of hydrogen-bond donors (Lipinski definition) is 1. The number of halogens is 1. The third-order valence-corrected chi connectivity index (χ3v) is 4.62. The smallest absolute Gasteiger partial charge is 0.211 e. The summed E-state index contributed by atoms with van der Waals surface area (Å²) in [6.45, 7) is 0.377. The van der Waals surface area contributed by atoms with E-state index in [1.807, 2.05) is 24.3 Å². The van der Waals surface area contributed by atoms with Crippen LogP contribution in [0.1, 0.15) is 5.56 Å². The zero-order valence-corrected chi connectivity index (χ0v) is 12.5. The van der Waals surface area contributed by atoms with Gasteiger partial charge in [0.15, 0.2) is 0 Å². The van der Waals surface area contributed by atoms with Gasteiger partial charge in [-0.2, -0.15) is 0 Å². The Balaban J connectivity index is 1.97. The molecule has 0 aliphatic heterocycles. The van der Waals surface area contributed by atoms with Crippen molar-refractivity contribution in [3.63, 3.8) is 0 Å². The Morgan fingerprint density at radius 3 is 2.32 bits per heavy atom. The second kappa shape index (κ2) is 6.32. The zero-order chi connectivity index (χ0) is 13.7. The summed E-state index contributed by atoms with van der Waals surface area (Å²) >= 11 is 3.28. The number of hydrogen-bond acceptors (Lipinski definition) is 2. The summed E-state index contributed by atoms with van der Waals surface area (Å²) in [5.74, 6) is 0. The molecule has 19 heavy (non-hydrogen) atoms. The fourth-order valence-electron chi connectivity index (χ4n) is 1.61. The van der Waals surface area contributed by atoms with Crippen LogP contribution in [-0.4, -0.2) is 15.0 Å². The molecule has 3 nitrogen and oxygen atoms in total. The molecular weight excluding hydrogens is 326 g/mol. The summed E-state index contributed by atoms with van der Waals surface area (Å²) in [6, 6.07) is 17.0. The summed E-state index contributed by atoms with van der Waals surface area (Å²) in [4.78, 5) is 0.275. The second-order valence-electron chi connectivity index (χ2n) is 4.01. The van der Waals surface area contributed by atoms with Gasteiger partial charge in [-0.05, 0) is 42.3 Å². The number of sulfonamides is 1. The van der Waals surface area contributed by atoms with E-state index in [2.05, 4.69) is 26.7 Å². The fourth-order valence-corrected chi connectivity index (χ4v) is 2.91. The van der Waals surface area contributed by atoms with E-state index in [1.165, 1.54) is 0 Å². The predicted octanol–water partition coefficient (Wildman–Crippen LogP) is 2.77. The van der Waals surface area contributed by atoms with Crippen molar-refractivity contribution in [2.75, 3.05) is 6.54 Å². The van der Waals surface area contributed by atoms with Crippen LogP contribution < -0.4 is 4.72 Å². The highest BCUT2D eigenvalue weighted by Gasteiger charge is 2.12. The molecular formula is C14H13BrNO2S. The Labute approximate surface area is 121 Å². The van der Waals surface area contributed by atoms with Gasteiger partial charge in [0.25, 0.3) is 0 Å². The first-order valence-electron chi connectivity index (χ1n) is 5.78. The molecule has 0 heterocycles. The standard InChI is InChI=1S/C14H13BrNO2S/c15-13-6-8-14(9-7-13)19(17,18)16-11-10-12-4-2-1-3-5-12/h2-9,16H,10-11H2. The van der Waals surface area contributed by atoms with Crippen molar-refractivity contribution < 1.29 is 8.42 Å². The average Bonchev–Trinajstić information content (AvgIpc) is 2.40. The average molecular weight is 339 g/mol. The number of rotatable bonds is 5. The van der Waals surface area contributed by atoms with Gasteiger partial charge in [-0.25, -0.2) is 13.1 Å². The van der Waals surface area contributed by atoms with Crippen molar-refractivity contribution in [3.8, 4) is 0 Å². The minimum atomic E-state index is -3.43. The van der Waals surface area contributed by atoms with Gasteiger partial charge in [0, 0.05) is 11.0 Å². The zero-order valence-electron chi connectivity index (χ0n) is 10.1. The maximum Gasteiger partial charge on any atom is 0.240 e. The van der Waals surface area contributed by atoms with Crippen molar-refractivity contribution in [3.05, 3.63) is 64.6 Å². The van der Waals surface area contributed by atoms with E-state index >= 15 is 0 Å². The molecule has 0 unspecified atom stereocenters. The van der Waals surface area contributed by atoms with Gasteiger partial charge in [-0.3, -0.25) is 0 Å². The summed E-state index contributed by atoms with van der Waals surface area (Å²) < 4.78 is 27.4. The van der Waals surface area contributed by atoms with Crippen LogP contribution >= 0.6 is 15.9 Å². The topological polar surface area (TPSA) is 46.2 Å². The van der Waals surface area contributed by atoms with Gasteiger partial charge in [-0.15, -0.1) is 0 Å². The van der Waals surface area contributed by atoms with Crippen LogP contribution in [0.5, 0.6) is 0 Å². The lowest BCUT2D eigenvalue weighted by atomic mass is 10.2. The number of nitrogens with one attached hydrogen (secondary N) is 1. The van der Waals surface area contributed by atoms with Crippen LogP contribution in [0.4, 0.5) is 0 Å². The maximum absolute atomic E-state index is 12.0. The fraction of sp³-hybridized carbons (Fsp3) is 0.143. The third-order valence-electron chi connectivity index (χ3n) is 2.62. The van der Waals surface area contributed by atoms with Crippen LogP contribution in [0.25, 0.3) is 0 Å². The van der Waals surface area contributed by atoms with Gasteiger partial charge < -0.3 is 0 Å². The van der Waals surface area contributed by atoms with E-state index < -0.39 is 10.0 Å². The predicted molar refractivity (Wildman–Crippen MR) is 78.3 cm³/mol. The molecule has 0 spiro atoms. The molecule has 0 amide bonds. The Hall–Kier alpha value is -1.17. The van der Waals surface area contributed by atoms with E-state index in [0.717, 1.165) is 10.0 Å². The minimum Gasteiger partial charge on any atom is -0.211 e. The summed E-state index contributed by atoms with van der Waals surface area (Å²) in [7, 11) is -3.43. The van der Waals surface area contributed by atoms with E-state index in [1.54, 1.807) is 24.3 Å². The van der Waals surface area contributed by atoms with Gasteiger partial charge in [0.2, 0.25) is 10.0 Å². The first-order chi connectivity index (χ1) is 9.08. The van der Waals surface area contributed by atoms with Crippen molar-refractivity contribution in [1.29, 1.82) is 0 Å². The molecule has 2 aromatic carbocycles. The quantitative estimate of drug-likeness (QED) is 0.911.